The Morgan fingerprint density at radius 2 is 2.00 bits per heavy atom. The van der Waals surface area contributed by atoms with Gasteiger partial charge >= 0.3 is 0 Å². The van der Waals surface area contributed by atoms with E-state index in [1.807, 2.05) is 6.92 Å². The van der Waals surface area contributed by atoms with Gasteiger partial charge in [-0.15, -0.1) is 5.10 Å². The third-order valence-electron chi connectivity index (χ3n) is 4.11. The van der Waals surface area contributed by atoms with Crippen LogP contribution in [-0.2, 0) is 0 Å². The summed E-state index contributed by atoms with van der Waals surface area (Å²) in [5.41, 5.74) is 9.99. The molecule has 156 valence electrons. The number of rotatable bonds is 7. The zero-order valence-corrected chi connectivity index (χ0v) is 16.3. The Kier molecular flexibility index (Phi) is 5.60. The first kappa shape index (κ1) is 19.7. The molecule has 3 heterocycles. The first-order valence-corrected chi connectivity index (χ1v) is 9.18. The van der Waals surface area contributed by atoms with Crippen LogP contribution in [-0.4, -0.2) is 49.0 Å². The Balaban J connectivity index is 1.69. The van der Waals surface area contributed by atoms with Crippen LogP contribution in [0.1, 0.15) is 23.0 Å². The lowest BCUT2D eigenvalue weighted by molar-refractivity contribution is 0.0950. The van der Waals surface area contributed by atoms with Crippen molar-refractivity contribution in [3.63, 3.8) is 0 Å². The molecule has 12 heteroatoms. The molecule has 3 N–H and O–H groups in total. The second kappa shape index (κ2) is 8.82. The van der Waals surface area contributed by atoms with Gasteiger partial charge in [-0.2, -0.15) is 9.78 Å². The van der Waals surface area contributed by atoms with Gasteiger partial charge in [0.25, 0.3) is 5.91 Å². The molecule has 0 spiro atoms. The molecule has 0 radical (unpaired) electrons. The van der Waals surface area contributed by atoms with E-state index in [-0.39, 0.29) is 17.3 Å². The third kappa shape index (κ3) is 4.22. The van der Waals surface area contributed by atoms with Crippen molar-refractivity contribution in [1.82, 2.24) is 35.7 Å². The summed E-state index contributed by atoms with van der Waals surface area (Å²) in [5, 5.41) is 19.3. The Hall–Kier alpha value is -4.61. The number of nitrogens with two attached hydrogens (primary N) is 1. The third-order valence-corrected chi connectivity index (χ3v) is 4.11. The quantitative estimate of drug-likeness (QED) is 0.334. The molecule has 0 saturated carbocycles. The second-order valence-electron chi connectivity index (χ2n) is 6.11. The Morgan fingerprint density at radius 3 is 2.68 bits per heavy atom. The predicted molar refractivity (Wildman–Crippen MR) is 110 cm³/mol. The average molecular weight is 419 g/mol. The summed E-state index contributed by atoms with van der Waals surface area (Å²) in [5.74, 6) is 0.215. The number of amides is 1. The second-order valence-corrected chi connectivity index (χ2v) is 6.11. The fourth-order valence-corrected chi connectivity index (χ4v) is 2.72. The van der Waals surface area contributed by atoms with E-state index < -0.39 is 5.91 Å². The minimum absolute atomic E-state index is 0.000229. The highest BCUT2D eigenvalue weighted by atomic mass is 16.6. The standard InChI is InChI=1S/C19H17N9O3/c1-2-30-14-5-3-13(4-6-14)16-15(23-27-28(16)18-17(20)25-31-26-18)19(29)24-22-11-12-7-9-21-10-8-12/h3-11H,2H2,1H3,(H2,20,25)(H,24,29). The van der Waals surface area contributed by atoms with E-state index in [1.165, 1.54) is 10.9 Å². The molecule has 0 bridgehead atoms. The average Bonchev–Trinajstić information content (AvgIpc) is 3.41. The van der Waals surface area contributed by atoms with Crippen LogP contribution < -0.4 is 15.9 Å². The molecule has 0 saturated heterocycles. The number of hydrazone groups is 1. The Labute approximate surface area is 175 Å². The molecule has 31 heavy (non-hydrogen) atoms. The predicted octanol–water partition coefficient (Wildman–Crippen LogP) is 1.46. The molecule has 0 aliphatic carbocycles. The number of anilines is 1. The number of nitrogens with one attached hydrogen (secondary N) is 1. The van der Waals surface area contributed by atoms with Gasteiger partial charge in [0.05, 0.1) is 12.8 Å². The van der Waals surface area contributed by atoms with E-state index in [9.17, 15) is 4.79 Å². The van der Waals surface area contributed by atoms with Crippen molar-refractivity contribution in [3.05, 3.63) is 60.0 Å². The Morgan fingerprint density at radius 1 is 1.23 bits per heavy atom. The van der Waals surface area contributed by atoms with Crippen LogP contribution in [0.4, 0.5) is 5.82 Å². The number of hydrogen-bond acceptors (Lipinski definition) is 10. The molecule has 0 fully saturated rings. The minimum Gasteiger partial charge on any atom is -0.494 e. The maximum atomic E-state index is 12.8. The van der Waals surface area contributed by atoms with Crippen LogP contribution in [0.2, 0.25) is 0 Å². The van der Waals surface area contributed by atoms with Crippen LogP contribution in [0.15, 0.2) is 58.5 Å². The summed E-state index contributed by atoms with van der Waals surface area (Å²) in [6.45, 7) is 2.42. The molecule has 4 rings (SSSR count). The van der Waals surface area contributed by atoms with E-state index in [2.05, 4.69) is 40.8 Å². The van der Waals surface area contributed by atoms with Crippen LogP contribution in [0.25, 0.3) is 17.1 Å². The molecule has 4 aromatic rings. The van der Waals surface area contributed by atoms with Gasteiger partial charge in [0.1, 0.15) is 11.4 Å². The number of ether oxygens (including phenoxy) is 1. The monoisotopic (exact) mass is 419 g/mol. The first-order valence-electron chi connectivity index (χ1n) is 9.18. The lowest BCUT2D eigenvalue weighted by Gasteiger charge is -2.07. The lowest BCUT2D eigenvalue weighted by atomic mass is 10.1. The van der Waals surface area contributed by atoms with Crippen LogP contribution >= 0.6 is 0 Å². The summed E-state index contributed by atoms with van der Waals surface area (Å²) in [6.07, 6.45) is 4.73. The van der Waals surface area contributed by atoms with Crippen LogP contribution in [0, 0.1) is 0 Å². The summed E-state index contributed by atoms with van der Waals surface area (Å²) in [4.78, 5) is 16.7. The van der Waals surface area contributed by atoms with Gasteiger partial charge in [0, 0.05) is 18.0 Å². The lowest BCUT2D eigenvalue weighted by Crippen LogP contribution is -2.19. The van der Waals surface area contributed by atoms with Gasteiger partial charge < -0.3 is 10.5 Å². The van der Waals surface area contributed by atoms with Gasteiger partial charge in [-0.1, -0.05) is 5.21 Å². The SMILES string of the molecule is CCOc1ccc(-c2c(C(=O)NN=Cc3ccncc3)nnn2-c2nonc2N)cc1. The van der Waals surface area contributed by atoms with E-state index in [0.29, 0.717) is 23.6 Å². The summed E-state index contributed by atoms with van der Waals surface area (Å²) in [7, 11) is 0. The molecule has 3 aromatic heterocycles. The smallest absolute Gasteiger partial charge is 0.294 e. The number of hydrogen-bond donors (Lipinski definition) is 2. The molecule has 0 atom stereocenters. The van der Waals surface area contributed by atoms with Crippen molar-refractivity contribution >= 4 is 17.9 Å². The number of pyridine rings is 1. The number of nitrogen functional groups attached to an aromatic ring is 1. The summed E-state index contributed by atoms with van der Waals surface area (Å²) in [6, 6.07) is 10.6. The zero-order chi connectivity index (χ0) is 21.6. The number of carbonyl (C=O) groups excluding carboxylic acids is 1. The molecular weight excluding hydrogens is 402 g/mol. The molecule has 0 unspecified atom stereocenters. The molecule has 12 nitrogen and oxygen atoms in total. The van der Waals surface area contributed by atoms with Crippen molar-refractivity contribution < 1.29 is 14.2 Å². The van der Waals surface area contributed by atoms with Crippen molar-refractivity contribution in [1.29, 1.82) is 0 Å². The van der Waals surface area contributed by atoms with Crippen molar-refractivity contribution in [2.75, 3.05) is 12.3 Å². The highest BCUT2D eigenvalue weighted by Crippen LogP contribution is 2.28. The van der Waals surface area contributed by atoms with Crippen molar-refractivity contribution in [2.45, 2.75) is 6.92 Å². The molecular formula is C19H17N9O3. The van der Waals surface area contributed by atoms with Gasteiger partial charge in [0.2, 0.25) is 11.6 Å². The first-order chi connectivity index (χ1) is 15.2. The fourth-order valence-electron chi connectivity index (χ4n) is 2.72. The molecule has 0 aliphatic heterocycles. The molecule has 1 aromatic carbocycles. The zero-order valence-electron chi connectivity index (χ0n) is 16.3. The highest BCUT2D eigenvalue weighted by Gasteiger charge is 2.25. The van der Waals surface area contributed by atoms with E-state index in [0.717, 1.165) is 5.56 Å². The van der Waals surface area contributed by atoms with Gasteiger partial charge in [-0.05, 0) is 59.2 Å². The number of benzene rings is 1. The van der Waals surface area contributed by atoms with Crippen LogP contribution in [0.5, 0.6) is 5.75 Å². The van der Waals surface area contributed by atoms with E-state index in [1.54, 1.807) is 48.8 Å². The number of aromatic nitrogens is 6. The van der Waals surface area contributed by atoms with E-state index >= 15 is 0 Å². The fraction of sp³-hybridized carbons (Fsp3) is 0.105. The largest absolute Gasteiger partial charge is 0.494 e. The maximum Gasteiger partial charge on any atom is 0.294 e. The van der Waals surface area contributed by atoms with Gasteiger partial charge in [-0.3, -0.25) is 9.78 Å². The topological polar surface area (TPSA) is 159 Å². The van der Waals surface area contributed by atoms with Crippen molar-refractivity contribution in [2.24, 2.45) is 5.10 Å². The van der Waals surface area contributed by atoms with Gasteiger partial charge in [-0.25, -0.2) is 10.1 Å². The summed E-state index contributed by atoms with van der Waals surface area (Å²) < 4.78 is 11.4. The Bertz CT molecular complexity index is 1200. The normalized spacial score (nSPS) is 11.0. The highest BCUT2D eigenvalue weighted by molar-refractivity contribution is 5.98. The molecule has 0 aliphatic rings. The van der Waals surface area contributed by atoms with Crippen LogP contribution in [0.3, 0.4) is 0 Å². The maximum absolute atomic E-state index is 12.8. The number of carbonyl (C=O) groups is 1. The van der Waals surface area contributed by atoms with Gasteiger partial charge in [0.15, 0.2) is 5.69 Å². The van der Waals surface area contributed by atoms with Crippen molar-refractivity contribution in [3.8, 4) is 22.8 Å². The summed E-state index contributed by atoms with van der Waals surface area (Å²) >= 11 is 0. The molecule has 1 amide bonds. The van der Waals surface area contributed by atoms with E-state index in [4.69, 9.17) is 10.5 Å². The number of nitrogens with zero attached hydrogens (tertiary/aromatic N) is 7. The minimum atomic E-state index is -0.574.